The van der Waals surface area contributed by atoms with Crippen LogP contribution in [0.5, 0.6) is 11.5 Å². The summed E-state index contributed by atoms with van der Waals surface area (Å²) >= 11 is 0. The molecule has 5 heteroatoms. The van der Waals surface area contributed by atoms with E-state index in [-0.39, 0.29) is 5.91 Å². The average Bonchev–Trinajstić information content (AvgIpc) is 3.19. The largest absolute Gasteiger partial charge is 0.493 e. The van der Waals surface area contributed by atoms with E-state index in [1.165, 1.54) is 5.56 Å². The summed E-state index contributed by atoms with van der Waals surface area (Å²) in [5, 5.41) is 0. The van der Waals surface area contributed by atoms with Crippen LogP contribution in [0.2, 0.25) is 0 Å². The number of rotatable bonds is 8. The van der Waals surface area contributed by atoms with Crippen LogP contribution >= 0.6 is 0 Å². The van der Waals surface area contributed by atoms with E-state index in [0.29, 0.717) is 23.0 Å². The van der Waals surface area contributed by atoms with Crippen LogP contribution in [0, 0.1) is 0 Å². The molecule has 0 atom stereocenters. The maximum Gasteiger partial charge on any atom is 0.282 e. The summed E-state index contributed by atoms with van der Waals surface area (Å²) in [5.41, 5.74) is 4.14. The quantitative estimate of drug-likeness (QED) is 0.411. The minimum atomic E-state index is -0.162. The molecule has 33 heavy (non-hydrogen) atoms. The van der Waals surface area contributed by atoms with Gasteiger partial charge in [-0.2, -0.15) is 0 Å². The van der Waals surface area contributed by atoms with E-state index in [9.17, 15) is 4.79 Å². The summed E-state index contributed by atoms with van der Waals surface area (Å²) in [6.45, 7) is 2.19. The molecule has 5 nitrogen and oxygen atoms in total. The van der Waals surface area contributed by atoms with E-state index in [1.54, 1.807) is 25.2 Å². The van der Waals surface area contributed by atoms with Crippen molar-refractivity contribution in [1.29, 1.82) is 0 Å². The van der Waals surface area contributed by atoms with Gasteiger partial charge in [-0.05, 0) is 54.3 Å². The first-order valence-electron chi connectivity index (χ1n) is 11.2. The van der Waals surface area contributed by atoms with E-state index in [0.717, 1.165) is 36.1 Å². The molecule has 1 heterocycles. The Labute approximate surface area is 195 Å². The number of hydrogen-bond donors (Lipinski definition) is 0. The molecule has 0 aromatic heterocycles. The van der Waals surface area contributed by atoms with Crippen molar-refractivity contribution in [2.75, 3.05) is 19.1 Å². The Morgan fingerprint density at radius 3 is 2.30 bits per heavy atom. The maximum atomic E-state index is 13.5. The van der Waals surface area contributed by atoms with Crippen molar-refractivity contribution in [3.63, 3.8) is 0 Å². The first kappa shape index (κ1) is 22.3. The molecule has 3 aromatic carbocycles. The molecule has 0 N–H and O–H groups in total. The molecule has 168 valence electrons. The monoisotopic (exact) mass is 440 g/mol. The van der Waals surface area contributed by atoms with Gasteiger partial charge in [0, 0.05) is 5.56 Å². The Morgan fingerprint density at radius 2 is 1.64 bits per heavy atom. The standard InChI is InChI=1S/C28H28N2O3/c1-4-5-9-20-12-15-23(16-13-20)30-27(22-10-7-6-8-11-22)29-24(28(30)31)18-21-14-17-25(32-2)26(19-21)33-3/h6-8,10-19H,4-5,9H2,1-3H3/b24-18+. The average molecular weight is 441 g/mol. The Balaban J connectivity index is 1.73. The van der Waals surface area contributed by atoms with Gasteiger partial charge in [-0.3, -0.25) is 9.69 Å². The number of nitrogens with zero attached hydrogens (tertiary/aromatic N) is 2. The van der Waals surface area contributed by atoms with E-state index in [1.807, 2.05) is 60.7 Å². The number of benzene rings is 3. The number of methoxy groups -OCH3 is 2. The number of amidine groups is 1. The molecule has 0 aliphatic carbocycles. The molecule has 0 radical (unpaired) electrons. The van der Waals surface area contributed by atoms with Crippen LogP contribution in [0.1, 0.15) is 36.5 Å². The van der Waals surface area contributed by atoms with Crippen LogP contribution in [-0.2, 0) is 11.2 Å². The number of anilines is 1. The second kappa shape index (κ2) is 10.2. The lowest BCUT2D eigenvalue weighted by Gasteiger charge is -2.19. The Bertz CT molecular complexity index is 1180. The highest BCUT2D eigenvalue weighted by atomic mass is 16.5. The lowest BCUT2D eigenvalue weighted by molar-refractivity contribution is -0.113. The number of aliphatic imine (C=N–C) groups is 1. The maximum absolute atomic E-state index is 13.5. The molecule has 4 rings (SSSR count). The fourth-order valence-corrected chi connectivity index (χ4v) is 3.83. The molecule has 0 spiro atoms. The van der Waals surface area contributed by atoms with Crippen LogP contribution in [0.25, 0.3) is 6.08 Å². The zero-order valence-electron chi connectivity index (χ0n) is 19.2. The van der Waals surface area contributed by atoms with Crippen molar-refractivity contribution in [1.82, 2.24) is 0 Å². The van der Waals surface area contributed by atoms with Gasteiger partial charge in [0.15, 0.2) is 11.5 Å². The van der Waals surface area contributed by atoms with Gasteiger partial charge in [0.1, 0.15) is 11.5 Å². The third kappa shape index (κ3) is 4.82. The van der Waals surface area contributed by atoms with Crippen molar-refractivity contribution < 1.29 is 14.3 Å². The van der Waals surface area contributed by atoms with Gasteiger partial charge in [0.05, 0.1) is 19.9 Å². The van der Waals surface area contributed by atoms with Gasteiger partial charge in [-0.25, -0.2) is 4.99 Å². The summed E-state index contributed by atoms with van der Waals surface area (Å²) < 4.78 is 10.7. The van der Waals surface area contributed by atoms with Crippen molar-refractivity contribution in [3.8, 4) is 11.5 Å². The molecule has 0 unspecified atom stereocenters. The summed E-state index contributed by atoms with van der Waals surface area (Å²) in [4.78, 5) is 19.9. The molecule has 0 saturated carbocycles. The number of unbranched alkanes of at least 4 members (excludes halogenated alkanes) is 1. The summed E-state index contributed by atoms with van der Waals surface area (Å²) in [7, 11) is 3.19. The minimum absolute atomic E-state index is 0.162. The number of amides is 1. The first-order chi connectivity index (χ1) is 16.1. The highest BCUT2D eigenvalue weighted by Gasteiger charge is 2.32. The van der Waals surface area contributed by atoms with Crippen LogP contribution < -0.4 is 14.4 Å². The highest BCUT2D eigenvalue weighted by molar-refractivity contribution is 6.33. The van der Waals surface area contributed by atoms with Crippen molar-refractivity contribution in [2.45, 2.75) is 26.2 Å². The van der Waals surface area contributed by atoms with Gasteiger partial charge in [0.2, 0.25) is 0 Å². The number of carbonyl (C=O) groups excluding carboxylic acids is 1. The van der Waals surface area contributed by atoms with E-state index in [4.69, 9.17) is 14.5 Å². The molecule has 0 fully saturated rings. The third-order valence-electron chi connectivity index (χ3n) is 5.62. The number of carbonyl (C=O) groups is 1. The van der Waals surface area contributed by atoms with Crippen molar-refractivity contribution in [2.24, 2.45) is 4.99 Å². The van der Waals surface area contributed by atoms with Gasteiger partial charge in [0.25, 0.3) is 5.91 Å². The fourth-order valence-electron chi connectivity index (χ4n) is 3.83. The molecular formula is C28H28N2O3. The van der Waals surface area contributed by atoms with Crippen LogP contribution in [-0.4, -0.2) is 26.0 Å². The van der Waals surface area contributed by atoms with Crippen LogP contribution in [0.3, 0.4) is 0 Å². The summed E-state index contributed by atoms with van der Waals surface area (Å²) in [6.07, 6.45) is 5.12. The summed E-state index contributed by atoms with van der Waals surface area (Å²) in [6, 6.07) is 23.5. The number of aryl methyl sites for hydroxylation is 1. The first-order valence-corrected chi connectivity index (χ1v) is 11.2. The van der Waals surface area contributed by atoms with Gasteiger partial charge >= 0.3 is 0 Å². The lowest BCUT2D eigenvalue weighted by atomic mass is 10.1. The van der Waals surface area contributed by atoms with E-state index >= 15 is 0 Å². The van der Waals surface area contributed by atoms with Crippen LogP contribution in [0.4, 0.5) is 5.69 Å². The molecule has 1 aliphatic rings. The zero-order valence-corrected chi connectivity index (χ0v) is 19.2. The van der Waals surface area contributed by atoms with Crippen LogP contribution in [0.15, 0.2) is 83.5 Å². The van der Waals surface area contributed by atoms with E-state index < -0.39 is 0 Å². The Kier molecular flexibility index (Phi) is 6.89. The number of ether oxygens (including phenoxy) is 2. The third-order valence-corrected chi connectivity index (χ3v) is 5.62. The topological polar surface area (TPSA) is 51.1 Å². The smallest absolute Gasteiger partial charge is 0.282 e. The number of hydrogen-bond acceptors (Lipinski definition) is 4. The molecular weight excluding hydrogens is 412 g/mol. The second-order valence-corrected chi connectivity index (χ2v) is 7.86. The van der Waals surface area contributed by atoms with E-state index in [2.05, 4.69) is 19.1 Å². The molecule has 3 aromatic rings. The zero-order chi connectivity index (χ0) is 23.2. The molecule has 1 aliphatic heterocycles. The highest BCUT2D eigenvalue weighted by Crippen LogP contribution is 2.31. The van der Waals surface area contributed by atoms with Gasteiger partial charge in [-0.15, -0.1) is 0 Å². The van der Waals surface area contributed by atoms with Crippen molar-refractivity contribution in [3.05, 3.63) is 95.2 Å². The predicted molar refractivity (Wildman–Crippen MR) is 133 cm³/mol. The lowest BCUT2D eigenvalue weighted by Crippen LogP contribution is -2.32. The normalized spacial score (nSPS) is 14.5. The van der Waals surface area contributed by atoms with Gasteiger partial charge in [-0.1, -0.05) is 61.9 Å². The fraction of sp³-hybridized carbons (Fsp3) is 0.214. The van der Waals surface area contributed by atoms with Gasteiger partial charge < -0.3 is 9.47 Å². The predicted octanol–water partition coefficient (Wildman–Crippen LogP) is 5.88. The second-order valence-electron chi connectivity index (χ2n) is 7.86. The minimum Gasteiger partial charge on any atom is -0.493 e. The molecule has 0 saturated heterocycles. The SMILES string of the molecule is CCCCc1ccc(N2C(=O)/C(=C\c3ccc(OC)c(OC)c3)N=C2c2ccccc2)cc1. The molecule has 0 bridgehead atoms. The Morgan fingerprint density at radius 1 is 0.909 bits per heavy atom. The summed E-state index contributed by atoms with van der Waals surface area (Å²) in [5.74, 6) is 1.69. The Hall–Kier alpha value is -3.86. The molecule has 1 amide bonds. The van der Waals surface area contributed by atoms with Crippen molar-refractivity contribution >= 4 is 23.5 Å².